The lowest BCUT2D eigenvalue weighted by molar-refractivity contribution is 0.218. The van der Waals surface area contributed by atoms with Crippen molar-refractivity contribution in [1.82, 2.24) is 0 Å². The maximum atomic E-state index is 5.94. The molecule has 3 nitrogen and oxygen atoms in total. The van der Waals surface area contributed by atoms with Gasteiger partial charge in [0.25, 0.3) is 0 Å². The van der Waals surface area contributed by atoms with E-state index < -0.39 is 0 Å². The lowest BCUT2D eigenvalue weighted by Gasteiger charge is -2.11. The van der Waals surface area contributed by atoms with Crippen LogP contribution in [0.25, 0.3) is 0 Å². The zero-order valence-corrected chi connectivity index (χ0v) is 10.5. The third kappa shape index (κ3) is 3.72. The summed E-state index contributed by atoms with van der Waals surface area (Å²) < 4.78 is 5.76. The van der Waals surface area contributed by atoms with Gasteiger partial charge in [-0.2, -0.15) is 0 Å². The van der Waals surface area contributed by atoms with Gasteiger partial charge in [-0.1, -0.05) is 23.7 Å². The maximum Gasteiger partial charge on any atom is 0.183 e. The molecule has 4 heteroatoms. The van der Waals surface area contributed by atoms with Crippen LogP contribution in [0.3, 0.4) is 0 Å². The van der Waals surface area contributed by atoms with Crippen molar-refractivity contribution in [2.75, 3.05) is 13.1 Å². The Bertz CT molecular complexity index is 406. The van der Waals surface area contributed by atoms with Crippen LogP contribution in [0.2, 0.25) is 5.02 Å². The molecule has 0 radical (unpaired) electrons. The Morgan fingerprint density at radius 3 is 3.12 bits per heavy atom. The fourth-order valence-corrected chi connectivity index (χ4v) is 2.11. The van der Waals surface area contributed by atoms with Crippen molar-refractivity contribution in [1.29, 1.82) is 0 Å². The van der Waals surface area contributed by atoms with Gasteiger partial charge in [-0.25, -0.2) is 0 Å². The van der Waals surface area contributed by atoms with Crippen LogP contribution >= 0.6 is 11.6 Å². The standard InChI is InChI=1S/C13H17ClN2O/c14-11-4-1-3-10(7-11)8-12-9-16-13(17-12)5-2-6-15/h1,3-4,7,12H,2,5-6,8-9,15H2. The molecule has 1 atom stereocenters. The van der Waals surface area contributed by atoms with Crippen LogP contribution in [0.5, 0.6) is 0 Å². The first-order valence-electron chi connectivity index (χ1n) is 5.92. The number of halogens is 1. The molecule has 0 spiro atoms. The van der Waals surface area contributed by atoms with Gasteiger partial charge in [0.15, 0.2) is 5.90 Å². The molecule has 1 unspecified atom stereocenters. The van der Waals surface area contributed by atoms with Crippen molar-refractivity contribution in [3.63, 3.8) is 0 Å². The summed E-state index contributed by atoms with van der Waals surface area (Å²) in [6, 6.07) is 7.88. The van der Waals surface area contributed by atoms with Crippen LogP contribution in [0.4, 0.5) is 0 Å². The molecular formula is C13H17ClN2O. The molecule has 1 aromatic rings. The van der Waals surface area contributed by atoms with E-state index in [-0.39, 0.29) is 6.10 Å². The lowest BCUT2D eigenvalue weighted by atomic mass is 10.1. The second kappa shape index (κ2) is 6.03. The van der Waals surface area contributed by atoms with Gasteiger partial charge in [0.1, 0.15) is 6.10 Å². The summed E-state index contributed by atoms with van der Waals surface area (Å²) in [5.74, 6) is 0.850. The third-order valence-electron chi connectivity index (χ3n) is 2.72. The third-order valence-corrected chi connectivity index (χ3v) is 2.96. The van der Waals surface area contributed by atoms with E-state index in [0.29, 0.717) is 6.54 Å². The topological polar surface area (TPSA) is 47.6 Å². The molecule has 0 aliphatic carbocycles. The fourth-order valence-electron chi connectivity index (χ4n) is 1.89. The SMILES string of the molecule is NCCCC1=NCC(Cc2cccc(Cl)c2)O1. The zero-order chi connectivity index (χ0) is 12.1. The minimum atomic E-state index is 0.154. The Labute approximate surface area is 107 Å². The van der Waals surface area contributed by atoms with E-state index in [1.54, 1.807) is 0 Å². The van der Waals surface area contributed by atoms with Gasteiger partial charge < -0.3 is 10.5 Å². The quantitative estimate of drug-likeness (QED) is 0.875. The summed E-state index contributed by atoms with van der Waals surface area (Å²) in [4.78, 5) is 4.38. The molecule has 2 N–H and O–H groups in total. The van der Waals surface area contributed by atoms with Crippen LogP contribution in [0, 0.1) is 0 Å². The Hall–Kier alpha value is -1.06. The molecule has 0 fully saturated rings. The van der Waals surface area contributed by atoms with Crippen molar-refractivity contribution in [3.8, 4) is 0 Å². The van der Waals surface area contributed by atoms with E-state index in [0.717, 1.165) is 36.7 Å². The molecule has 0 saturated carbocycles. The number of nitrogens with two attached hydrogens (primary N) is 1. The lowest BCUT2D eigenvalue weighted by Crippen LogP contribution is -2.16. The highest BCUT2D eigenvalue weighted by Gasteiger charge is 2.19. The van der Waals surface area contributed by atoms with Gasteiger partial charge in [-0.05, 0) is 30.7 Å². The molecule has 92 valence electrons. The van der Waals surface area contributed by atoms with Gasteiger partial charge in [0.05, 0.1) is 6.54 Å². The van der Waals surface area contributed by atoms with Gasteiger partial charge >= 0.3 is 0 Å². The van der Waals surface area contributed by atoms with Crippen molar-refractivity contribution >= 4 is 17.5 Å². The number of rotatable bonds is 5. The second-order valence-electron chi connectivity index (χ2n) is 4.20. The Morgan fingerprint density at radius 2 is 2.35 bits per heavy atom. The minimum Gasteiger partial charge on any atom is -0.475 e. The van der Waals surface area contributed by atoms with Gasteiger partial charge in [0, 0.05) is 17.9 Å². The summed E-state index contributed by atoms with van der Waals surface area (Å²) >= 11 is 5.94. The summed E-state index contributed by atoms with van der Waals surface area (Å²) in [5, 5.41) is 0.768. The largest absolute Gasteiger partial charge is 0.475 e. The molecule has 2 rings (SSSR count). The van der Waals surface area contributed by atoms with Crippen LogP contribution in [-0.4, -0.2) is 25.1 Å². The van der Waals surface area contributed by atoms with Gasteiger partial charge in [-0.15, -0.1) is 0 Å². The Morgan fingerprint density at radius 1 is 1.47 bits per heavy atom. The molecular weight excluding hydrogens is 236 g/mol. The van der Waals surface area contributed by atoms with E-state index in [4.69, 9.17) is 22.1 Å². The number of hydrogen-bond donors (Lipinski definition) is 1. The van der Waals surface area contributed by atoms with Crippen molar-refractivity contribution < 1.29 is 4.74 Å². The first kappa shape index (κ1) is 12.4. The van der Waals surface area contributed by atoms with Gasteiger partial charge in [0.2, 0.25) is 0 Å². The normalized spacial score (nSPS) is 18.9. The van der Waals surface area contributed by atoms with Gasteiger partial charge in [-0.3, -0.25) is 4.99 Å². The summed E-state index contributed by atoms with van der Waals surface area (Å²) in [6.45, 7) is 1.42. The molecule has 0 amide bonds. The number of nitrogens with zero attached hydrogens (tertiary/aromatic N) is 1. The van der Waals surface area contributed by atoms with Crippen molar-refractivity contribution in [2.45, 2.75) is 25.4 Å². The highest BCUT2D eigenvalue weighted by atomic mass is 35.5. The van der Waals surface area contributed by atoms with Crippen molar-refractivity contribution in [2.24, 2.45) is 10.7 Å². The molecule has 1 aromatic carbocycles. The van der Waals surface area contributed by atoms with Crippen LogP contribution in [0.15, 0.2) is 29.3 Å². The van der Waals surface area contributed by atoms with Crippen LogP contribution < -0.4 is 5.73 Å². The molecule has 1 aliphatic rings. The Balaban J connectivity index is 1.83. The minimum absolute atomic E-state index is 0.154. The molecule has 1 aliphatic heterocycles. The smallest absolute Gasteiger partial charge is 0.183 e. The van der Waals surface area contributed by atoms with E-state index in [2.05, 4.69) is 11.1 Å². The summed E-state index contributed by atoms with van der Waals surface area (Å²) in [7, 11) is 0. The van der Waals surface area contributed by atoms with E-state index >= 15 is 0 Å². The molecule has 0 aromatic heterocycles. The highest BCUT2D eigenvalue weighted by molar-refractivity contribution is 6.30. The summed E-state index contributed by atoms with van der Waals surface area (Å²) in [6.07, 6.45) is 2.79. The van der Waals surface area contributed by atoms with E-state index in [1.165, 1.54) is 5.56 Å². The van der Waals surface area contributed by atoms with Crippen LogP contribution in [-0.2, 0) is 11.2 Å². The second-order valence-corrected chi connectivity index (χ2v) is 4.64. The fraction of sp³-hybridized carbons (Fsp3) is 0.462. The van der Waals surface area contributed by atoms with E-state index in [9.17, 15) is 0 Å². The molecule has 17 heavy (non-hydrogen) atoms. The average Bonchev–Trinajstić information content (AvgIpc) is 2.74. The number of hydrogen-bond acceptors (Lipinski definition) is 3. The molecule has 0 bridgehead atoms. The monoisotopic (exact) mass is 252 g/mol. The predicted molar refractivity (Wildman–Crippen MR) is 70.6 cm³/mol. The predicted octanol–water partition coefficient (Wildman–Crippen LogP) is 2.42. The number of aliphatic imine (C=N–C) groups is 1. The number of benzene rings is 1. The van der Waals surface area contributed by atoms with Crippen molar-refractivity contribution in [3.05, 3.63) is 34.9 Å². The molecule has 0 saturated heterocycles. The molecule has 1 heterocycles. The summed E-state index contributed by atoms with van der Waals surface area (Å²) in [5.41, 5.74) is 6.65. The maximum absolute atomic E-state index is 5.94. The number of ether oxygens (including phenoxy) is 1. The average molecular weight is 253 g/mol. The zero-order valence-electron chi connectivity index (χ0n) is 9.73. The Kier molecular flexibility index (Phi) is 4.40. The first-order chi connectivity index (χ1) is 8.28. The van der Waals surface area contributed by atoms with Crippen LogP contribution in [0.1, 0.15) is 18.4 Å². The highest BCUT2D eigenvalue weighted by Crippen LogP contribution is 2.17. The first-order valence-corrected chi connectivity index (χ1v) is 6.30. The van der Waals surface area contributed by atoms with E-state index in [1.807, 2.05) is 18.2 Å².